The molecule has 0 aliphatic rings. The molecule has 0 saturated carbocycles. The lowest BCUT2D eigenvalue weighted by Gasteiger charge is -2.40. The average Bonchev–Trinajstić information content (AvgIpc) is 2.26. The standard InChI is InChI=1S/C17H22/c1-16(2,3)17(4,5)15-12-8-10-13-9-6-7-11-14(13)15/h6-12H,1-5H3. The third-order valence-electron chi connectivity index (χ3n) is 4.34. The molecule has 2 aromatic carbocycles. The Morgan fingerprint density at radius 3 is 1.94 bits per heavy atom. The largest absolute Gasteiger partial charge is 0.0616 e. The third kappa shape index (κ3) is 1.97. The maximum absolute atomic E-state index is 2.34. The molecule has 0 unspecified atom stereocenters. The summed E-state index contributed by atoms with van der Waals surface area (Å²) in [6.45, 7) is 11.6. The van der Waals surface area contributed by atoms with E-state index in [1.807, 2.05) is 0 Å². The van der Waals surface area contributed by atoms with Crippen molar-refractivity contribution in [2.24, 2.45) is 5.41 Å². The van der Waals surface area contributed by atoms with Crippen LogP contribution in [0.25, 0.3) is 10.8 Å². The molecule has 0 saturated heterocycles. The number of hydrogen-bond acceptors (Lipinski definition) is 0. The Bertz CT molecular complexity index is 522. The van der Waals surface area contributed by atoms with Gasteiger partial charge in [0.15, 0.2) is 0 Å². The van der Waals surface area contributed by atoms with E-state index in [1.165, 1.54) is 16.3 Å². The van der Waals surface area contributed by atoms with Gasteiger partial charge in [-0.3, -0.25) is 0 Å². The van der Waals surface area contributed by atoms with E-state index in [0.717, 1.165) is 0 Å². The van der Waals surface area contributed by atoms with Crippen LogP contribution >= 0.6 is 0 Å². The van der Waals surface area contributed by atoms with Gasteiger partial charge in [-0.15, -0.1) is 0 Å². The lowest BCUT2D eigenvalue weighted by atomic mass is 9.64. The molecule has 0 aromatic heterocycles. The minimum Gasteiger partial charge on any atom is -0.0616 e. The fourth-order valence-corrected chi connectivity index (χ4v) is 2.17. The molecule has 0 heterocycles. The zero-order valence-corrected chi connectivity index (χ0v) is 11.5. The lowest BCUT2D eigenvalue weighted by Crippen LogP contribution is -2.34. The van der Waals surface area contributed by atoms with Gasteiger partial charge in [0.25, 0.3) is 0 Å². The van der Waals surface area contributed by atoms with E-state index < -0.39 is 0 Å². The van der Waals surface area contributed by atoms with Crippen molar-refractivity contribution in [1.29, 1.82) is 0 Å². The van der Waals surface area contributed by atoms with Crippen LogP contribution in [0.4, 0.5) is 0 Å². The zero-order valence-electron chi connectivity index (χ0n) is 11.5. The first-order valence-corrected chi connectivity index (χ1v) is 6.32. The van der Waals surface area contributed by atoms with Crippen LogP contribution in [0.1, 0.15) is 40.2 Å². The maximum Gasteiger partial charge on any atom is -0.00489 e. The number of hydrogen-bond donors (Lipinski definition) is 0. The molecule has 17 heavy (non-hydrogen) atoms. The molecular weight excluding hydrogens is 204 g/mol. The van der Waals surface area contributed by atoms with Gasteiger partial charge < -0.3 is 0 Å². The van der Waals surface area contributed by atoms with Crippen LogP contribution in [0.15, 0.2) is 42.5 Å². The molecule has 0 radical (unpaired) electrons. The molecule has 0 atom stereocenters. The SMILES string of the molecule is CC(C)(C)C(C)(C)c1cccc2ccccc12. The fourth-order valence-electron chi connectivity index (χ4n) is 2.17. The van der Waals surface area contributed by atoms with Gasteiger partial charge in [0.1, 0.15) is 0 Å². The van der Waals surface area contributed by atoms with Crippen LogP contribution < -0.4 is 0 Å². The predicted octanol–water partition coefficient (Wildman–Crippen LogP) is 5.16. The van der Waals surface area contributed by atoms with Crippen LogP contribution in [0.2, 0.25) is 0 Å². The van der Waals surface area contributed by atoms with Gasteiger partial charge >= 0.3 is 0 Å². The van der Waals surface area contributed by atoms with Crippen molar-refractivity contribution in [2.75, 3.05) is 0 Å². The van der Waals surface area contributed by atoms with Crippen LogP contribution in [-0.2, 0) is 5.41 Å². The molecule has 0 heteroatoms. The van der Waals surface area contributed by atoms with E-state index in [1.54, 1.807) is 0 Å². The van der Waals surface area contributed by atoms with Crippen molar-refractivity contribution in [3.05, 3.63) is 48.0 Å². The average molecular weight is 226 g/mol. The van der Waals surface area contributed by atoms with Crippen molar-refractivity contribution in [1.82, 2.24) is 0 Å². The Kier molecular flexibility index (Phi) is 2.77. The van der Waals surface area contributed by atoms with Gasteiger partial charge in [0.05, 0.1) is 0 Å². The first-order chi connectivity index (χ1) is 7.84. The first kappa shape index (κ1) is 12.2. The Morgan fingerprint density at radius 1 is 0.706 bits per heavy atom. The topological polar surface area (TPSA) is 0 Å². The summed E-state index contributed by atoms with van der Waals surface area (Å²) in [5, 5.41) is 2.72. The van der Waals surface area contributed by atoms with Crippen molar-refractivity contribution < 1.29 is 0 Å². The smallest absolute Gasteiger partial charge is 0.00489 e. The van der Waals surface area contributed by atoms with Crippen molar-refractivity contribution in [3.8, 4) is 0 Å². The molecule has 0 N–H and O–H groups in total. The van der Waals surface area contributed by atoms with E-state index in [4.69, 9.17) is 0 Å². The van der Waals surface area contributed by atoms with Gasteiger partial charge in [-0.05, 0) is 27.2 Å². The summed E-state index contributed by atoms with van der Waals surface area (Å²) in [4.78, 5) is 0. The van der Waals surface area contributed by atoms with Gasteiger partial charge in [-0.1, -0.05) is 77.1 Å². The highest BCUT2D eigenvalue weighted by Crippen LogP contribution is 2.43. The predicted molar refractivity (Wildman–Crippen MR) is 76.4 cm³/mol. The van der Waals surface area contributed by atoms with Crippen LogP contribution in [0, 0.1) is 5.41 Å². The second-order valence-corrected chi connectivity index (χ2v) is 6.40. The molecule has 2 aromatic rings. The molecule has 0 bridgehead atoms. The molecule has 0 aliphatic heterocycles. The van der Waals surface area contributed by atoms with Crippen LogP contribution in [0.5, 0.6) is 0 Å². The first-order valence-electron chi connectivity index (χ1n) is 6.32. The number of benzene rings is 2. The Morgan fingerprint density at radius 2 is 1.29 bits per heavy atom. The highest BCUT2D eigenvalue weighted by molar-refractivity contribution is 5.86. The van der Waals surface area contributed by atoms with E-state index >= 15 is 0 Å². The fraction of sp³-hybridized carbons (Fsp3) is 0.412. The minimum atomic E-state index is 0.161. The van der Waals surface area contributed by atoms with E-state index in [9.17, 15) is 0 Å². The maximum atomic E-state index is 2.34. The second kappa shape index (κ2) is 3.87. The summed E-state index contributed by atoms with van der Waals surface area (Å²) >= 11 is 0. The van der Waals surface area contributed by atoms with E-state index in [-0.39, 0.29) is 10.8 Å². The quantitative estimate of drug-likeness (QED) is 0.629. The summed E-state index contributed by atoms with van der Waals surface area (Å²) in [5.74, 6) is 0. The summed E-state index contributed by atoms with van der Waals surface area (Å²) in [6.07, 6.45) is 0. The number of fused-ring (bicyclic) bond motifs is 1. The molecule has 90 valence electrons. The molecule has 0 nitrogen and oxygen atoms in total. The van der Waals surface area contributed by atoms with Crippen molar-refractivity contribution in [2.45, 2.75) is 40.0 Å². The Labute approximate surface area is 105 Å². The molecule has 0 aliphatic carbocycles. The Balaban J connectivity index is 2.72. The summed E-state index contributed by atoms with van der Waals surface area (Å²) in [5.41, 5.74) is 1.86. The highest BCUT2D eigenvalue weighted by atomic mass is 14.4. The van der Waals surface area contributed by atoms with Crippen molar-refractivity contribution in [3.63, 3.8) is 0 Å². The monoisotopic (exact) mass is 226 g/mol. The molecule has 2 rings (SSSR count). The number of rotatable bonds is 1. The summed E-state index contributed by atoms with van der Waals surface area (Å²) in [7, 11) is 0. The molecular formula is C17H22. The minimum absolute atomic E-state index is 0.161. The van der Waals surface area contributed by atoms with E-state index in [0.29, 0.717) is 0 Å². The van der Waals surface area contributed by atoms with Crippen LogP contribution in [-0.4, -0.2) is 0 Å². The molecule has 0 spiro atoms. The van der Waals surface area contributed by atoms with Crippen LogP contribution in [0.3, 0.4) is 0 Å². The highest BCUT2D eigenvalue weighted by Gasteiger charge is 2.35. The molecule has 0 amide bonds. The lowest BCUT2D eigenvalue weighted by molar-refractivity contribution is 0.227. The van der Waals surface area contributed by atoms with E-state index in [2.05, 4.69) is 77.1 Å². The van der Waals surface area contributed by atoms with Gasteiger partial charge in [0, 0.05) is 0 Å². The normalized spacial score (nSPS) is 13.0. The summed E-state index contributed by atoms with van der Waals surface area (Å²) < 4.78 is 0. The Hall–Kier alpha value is -1.30. The van der Waals surface area contributed by atoms with Crippen molar-refractivity contribution >= 4 is 10.8 Å². The third-order valence-corrected chi connectivity index (χ3v) is 4.34. The van der Waals surface area contributed by atoms with Gasteiger partial charge in [-0.25, -0.2) is 0 Å². The zero-order chi connectivity index (χ0) is 12.7. The van der Waals surface area contributed by atoms with Gasteiger partial charge in [0.2, 0.25) is 0 Å². The summed E-state index contributed by atoms with van der Waals surface area (Å²) in [6, 6.07) is 15.3. The molecule has 0 fully saturated rings. The second-order valence-electron chi connectivity index (χ2n) is 6.40. The van der Waals surface area contributed by atoms with Gasteiger partial charge in [-0.2, -0.15) is 0 Å².